The summed E-state index contributed by atoms with van der Waals surface area (Å²) in [6.07, 6.45) is -1.99. The highest BCUT2D eigenvalue weighted by Gasteiger charge is 2.30. The lowest BCUT2D eigenvalue weighted by Gasteiger charge is -2.32. The van der Waals surface area contributed by atoms with Crippen molar-refractivity contribution in [2.75, 3.05) is 19.6 Å². The maximum absolute atomic E-state index is 12.5. The van der Waals surface area contributed by atoms with Gasteiger partial charge in [-0.25, -0.2) is 0 Å². The van der Waals surface area contributed by atoms with Crippen molar-refractivity contribution in [1.29, 1.82) is 0 Å². The molecule has 2 rings (SSSR count). The van der Waals surface area contributed by atoms with E-state index < -0.39 is 11.7 Å². The zero-order chi connectivity index (χ0) is 13.9. The molecule has 2 nitrogen and oxygen atoms in total. The number of hydrogen-bond donors (Lipinski definition) is 1. The summed E-state index contributed by atoms with van der Waals surface area (Å²) in [6, 6.07) is 5.43. The Morgan fingerprint density at radius 3 is 2.47 bits per heavy atom. The van der Waals surface area contributed by atoms with E-state index in [0.29, 0.717) is 19.0 Å². The number of halogens is 3. The third-order valence-electron chi connectivity index (χ3n) is 3.62. The summed E-state index contributed by atoms with van der Waals surface area (Å²) >= 11 is 0. The van der Waals surface area contributed by atoms with Gasteiger partial charge < -0.3 is 5.73 Å². The maximum Gasteiger partial charge on any atom is 0.416 e. The topological polar surface area (TPSA) is 29.3 Å². The van der Waals surface area contributed by atoms with E-state index in [9.17, 15) is 13.2 Å². The molecule has 0 radical (unpaired) electrons. The molecule has 1 unspecified atom stereocenters. The van der Waals surface area contributed by atoms with Gasteiger partial charge in [0, 0.05) is 13.1 Å². The summed E-state index contributed by atoms with van der Waals surface area (Å²) in [7, 11) is 0. The Morgan fingerprint density at radius 1 is 1.21 bits per heavy atom. The van der Waals surface area contributed by atoms with Gasteiger partial charge in [0.1, 0.15) is 0 Å². The normalized spacial score (nSPS) is 21.6. The predicted octanol–water partition coefficient (Wildman–Crippen LogP) is 2.88. The average Bonchev–Trinajstić information content (AvgIpc) is 2.38. The van der Waals surface area contributed by atoms with E-state index in [1.165, 1.54) is 0 Å². The van der Waals surface area contributed by atoms with Crippen LogP contribution < -0.4 is 5.73 Å². The van der Waals surface area contributed by atoms with Crippen molar-refractivity contribution in [3.8, 4) is 0 Å². The smallest absolute Gasteiger partial charge is 0.330 e. The van der Waals surface area contributed by atoms with Gasteiger partial charge in [-0.05, 0) is 49.5 Å². The standard InChI is InChI=1S/C14H19F3N2/c15-14(16,17)13-5-3-11(4-6-13)9-19-7-1-2-12(8-18)10-19/h3-6,12H,1-2,7-10,18H2. The van der Waals surface area contributed by atoms with Gasteiger partial charge in [-0.1, -0.05) is 12.1 Å². The van der Waals surface area contributed by atoms with Crippen molar-refractivity contribution < 1.29 is 13.2 Å². The molecule has 1 aliphatic heterocycles. The number of hydrogen-bond acceptors (Lipinski definition) is 2. The minimum absolute atomic E-state index is 0.517. The van der Waals surface area contributed by atoms with E-state index >= 15 is 0 Å². The van der Waals surface area contributed by atoms with Gasteiger partial charge >= 0.3 is 6.18 Å². The number of rotatable bonds is 3. The largest absolute Gasteiger partial charge is 0.416 e. The number of nitrogens with zero attached hydrogens (tertiary/aromatic N) is 1. The minimum Gasteiger partial charge on any atom is -0.330 e. The first-order valence-electron chi connectivity index (χ1n) is 6.57. The zero-order valence-corrected chi connectivity index (χ0v) is 10.8. The highest BCUT2D eigenvalue weighted by Crippen LogP contribution is 2.29. The molecular formula is C14H19F3N2. The number of nitrogens with two attached hydrogens (primary N) is 1. The van der Waals surface area contributed by atoms with Crippen molar-refractivity contribution in [3.05, 3.63) is 35.4 Å². The molecule has 0 bridgehead atoms. The second-order valence-electron chi connectivity index (χ2n) is 5.17. The molecular weight excluding hydrogens is 253 g/mol. The van der Waals surface area contributed by atoms with Crippen LogP contribution in [0.3, 0.4) is 0 Å². The summed E-state index contributed by atoms with van der Waals surface area (Å²) in [5.74, 6) is 0.517. The third kappa shape index (κ3) is 3.94. The van der Waals surface area contributed by atoms with Crippen molar-refractivity contribution in [3.63, 3.8) is 0 Å². The number of benzene rings is 1. The van der Waals surface area contributed by atoms with E-state index in [1.807, 2.05) is 0 Å². The van der Waals surface area contributed by atoms with Gasteiger partial charge in [-0.2, -0.15) is 13.2 Å². The molecule has 0 spiro atoms. The summed E-state index contributed by atoms with van der Waals surface area (Å²) in [4.78, 5) is 2.27. The quantitative estimate of drug-likeness (QED) is 0.916. The Hall–Kier alpha value is -1.07. The molecule has 0 aliphatic carbocycles. The van der Waals surface area contributed by atoms with Gasteiger partial charge in [-0.3, -0.25) is 4.90 Å². The Morgan fingerprint density at radius 2 is 1.89 bits per heavy atom. The summed E-state index contributed by atoms with van der Waals surface area (Å²) in [5, 5.41) is 0. The minimum atomic E-state index is -4.26. The lowest BCUT2D eigenvalue weighted by Crippen LogP contribution is -2.37. The molecule has 0 amide bonds. The van der Waals surface area contributed by atoms with Crippen LogP contribution in [0, 0.1) is 5.92 Å². The molecule has 5 heteroatoms. The Balaban J connectivity index is 1.96. The van der Waals surface area contributed by atoms with Crippen molar-refractivity contribution in [1.82, 2.24) is 4.90 Å². The molecule has 0 aromatic heterocycles. The number of likely N-dealkylation sites (tertiary alicyclic amines) is 1. The van der Waals surface area contributed by atoms with Crippen LogP contribution in [-0.4, -0.2) is 24.5 Å². The van der Waals surface area contributed by atoms with Crippen LogP contribution in [0.25, 0.3) is 0 Å². The molecule has 1 atom stereocenters. The fourth-order valence-corrected chi connectivity index (χ4v) is 2.54. The summed E-state index contributed by atoms with van der Waals surface area (Å²) in [6.45, 7) is 3.33. The first-order valence-corrected chi connectivity index (χ1v) is 6.57. The first kappa shape index (κ1) is 14.3. The van der Waals surface area contributed by atoms with Crippen LogP contribution in [0.4, 0.5) is 13.2 Å². The maximum atomic E-state index is 12.5. The van der Waals surface area contributed by atoms with Crippen LogP contribution in [-0.2, 0) is 12.7 Å². The lowest BCUT2D eigenvalue weighted by molar-refractivity contribution is -0.137. The fourth-order valence-electron chi connectivity index (χ4n) is 2.54. The Bertz CT molecular complexity index is 400. The predicted molar refractivity (Wildman–Crippen MR) is 68.5 cm³/mol. The molecule has 106 valence electrons. The SMILES string of the molecule is NCC1CCCN(Cc2ccc(C(F)(F)F)cc2)C1. The molecule has 1 fully saturated rings. The van der Waals surface area contributed by atoms with Crippen LogP contribution in [0.15, 0.2) is 24.3 Å². The van der Waals surface area contributed by atoms with Gasteiger partial charge in [0.15, 0.2) is 0 Å². The lowest BCUT2D eigenvalue weighted by atomic mass is 9.98. The molecule has 1 heterocycles. The van der Waals surface area contributed by atoms with Gasteiger partial charge in [0.2, 0.25) is 0 Å². The molecule has 0 saturated carbocycles. The molecule has 1 saturated heterocycles. The van der Waals surface area contributed by atoms with Crippen LogP contribution >= 0.6 is 0 Å². The molecule has 1 aromatic rings. The van der Waals surface area contributed by atoms with Gasteiger partial charge in [-0.15, -0.1) is 0 Å². The molecule has 2 N–H and O–H groups in total. The Kier molecular flexibility index (Phi) is 4.47. The number of piperidine rings is 1. The van der Waals surface area contributed by atoms with Crippen LogP contribution in [0.5, 0.6) is 0 Å². The van der Waals surface area contributed by atoms with Gasteiger partial charge in [0.25, 0.3) is 0 Å². The molecule has 1 aromatic carbocycles. The van der Waals surface area contributed by atoms with Gasteiger partial charge in [0.05, 0.1) is 5.56 Å². The van der Waals surface area contributed by atoms with E-state index in [1.54, 1.807) is 12.1 Å². The summed E-state index contributed by atoms with van der Waals surface area (Å²) in [5.41, 5.74) is 6.01. The van der Waals surface area contributed by atoms with E-state index in [2.05, 4.69) is 4.90 Å². The highest BCUT2D eigenvalue weighted by atomic mass is 19.4. The second-order valence-corrected chi connectivity index (χ2v) is 5.17. The average molecular weight is 272 g/mol. The van der Waals surface area contributed by atoms with E-state index in [4.69, 9.17) is 5.73 Å². The molecule has 1 aliphatic rings. The monoisotopic (exact) mass is 272 g/mol. The van der Waals surface area contributed by atoms with Crippen LogP contribution in [0.1, 0.15) is 24.0 Å². The molecule has 19 heavy (non-hydrogen) atoms. The van der Waals surface area contributed by atoms with Crippen molar-refractivity contribution in [2.45, 2.75) is 25.6 Å². The first-order chi connectivity index (χ1) is 8.99. The Labute approximate surface area is 111 Å². The van der Waals surface area contributed by atoms with E-state index in [-0.39, 0.29) is 0 Å². The third-order valence-corrected chi connectivity index (χ3v) is 3.62. The summed E-state index contributed by atoms with van der Waals surface area (Å²) < 4.78 is 37.4. The van der Waals surface area contributed by atoms with Crippen molar-refractivity contribution in [2.24, 2.45) is 11.7 Å². The van der Waals surface area contributed by atoms with E-state index in [0.717, 1.165) is 43.6 Å². The fraction of sp³-hybridized carbons (Fsp3) is 0.571. The highest BCUT2D eigenvalue weighted by molar-refractivity contribution is 5.24. The second kappa shape index (κ2) is 5.92. The zero-order valence-electron chi connectivity index (χ0n) is 10.8. The van der Waals surface area contributed by atoms with Crippen molar-refractivity contribution >= 4 is 0 Å². The number of alkyl halides is 3. The van der Waals surface area contributed by atoms with Crippen LogP contribution in [0.2, 0.25) is 0 Å².